The quantitative estimate of drug-likeness (QED) is 0.766. The van der Waals surface area contributed by atoms with Crippen molar-refractivity contribution >= 4 is 16.9 Å². The number of phenols is 1. The lowest BCUT2D eigenvalue weighted by Crippen LogP contribution is -2.22. The van der Waals surface area contributed by atoms with Crippen LogP contribution in [0.2, 0.25) is 0 Å². The minimum atomic E-state index is -0.249. The van der Waals surface area contributed by atoms with Crippen molar-refractivity contribution in [1.82, 2.24) is 5.32 Å². The van der Waals surface area contributed by atoms with Crippen LogP contribution >= 0.6 is 0 Å². The van der Waals surface area contributed by atoms with E-state index in [1.54, 1.807) is 12.1 Å². The Morgan fingerprint density at radius 1 is 1.10 bits per heavy atom. The Morgan fingerprint density at radius 2 is 1.95 bits per heavy atom. The third kappa shape index (κ3) is 2.49. The number of nitrogens with one attached hydrogen (secondary N) is 1. The molecule has 1 heterocycles. The highest BCUT2D eigenvalue weighted by molar-refractivity contribution is 5.94. The SMILES string of the molecule is O=C(NCc1cc2ccccc2o1)c1cccc(O)c1. The van der Waals surface area contributed by atoms with Crippen molar-refractivity contribution in [3.05, 3.63) is 65.9 Å². The number of amides is 1. The standard InChI is InChI=1S/C16H13NO3/c18-13-6-3-5-12(8-13)16(19)17-10-14-9-11-4-1-2-7-15(11)20-14/h1-9,18H,10H2,(H,17,19). The van der Waals surface area contributed by atoms with E-state index in [2.05, 4.69) is 5.32 Å². The van der Waals surface area contributed by atoms with Crippen molar-refractivity contribution in [2.45, 2.75) is 6.54 Å². The minimum Gasteiger partial charge on any atom is -0.508 e. The number of aromatic hydroxyl groups is 1. The fourth-order valence-electron chi connectivity index (χ4n) is 2.04. The molecule has 2 aromatic carbocycles. The number of hydrogen-bond acceptors (Lipinski definition) is 3. The Morgan fingerprint density at radius 3 is 2.75 bits per heavy atom. The molecule has 1 aromatic heterocycles. The van der Waals surface area contributed by atoms with Gasteiger partial charge in [0.15, 0.2) is 0 Å². The lowest BCUT2D eigenvalue weighted by Gasteiger charge is -2.03. The Kier molecular flexibility index (Phi) is 3.13. The molecule has 1 amide bonds. The zero-order chi connectivity index (χ0) is 13.9. The molecular weight excluding hydrogens is 254 g/mol. The van der Waals surface area contributed by atoms with Crippen molar-refractivity contribution in [1.29, 1.82) is 0 Å². The van der Waals surface area contributed by atoms with Gasteiger partial charge in [-0.25, -0.2) is 0 Å². The number of benzene rings is 2. The number of rotatable bonds is 3. The number of furan rings is 1. The molecule has 0 bridgehead atoms. The number of phenolic OH excluding ortho intramolecular Hbond substituents is 1. The molecule has 3 aromatic rings. The van der Waals surface area contributed by atoms with Crippen LogP contribution in [0.1, 0.15) is 16.1 Å². The zero-order valence-electron chi connectivity index (χ0n) is 10.7. The van der Waals surface area contributed by atoms with Crippen LogP contribution in [-0.2, 0) is 6.54 Å². The van der Waals surface area contributed by atoms with E-state index in [1.165, 1.54) is 12.1 Å². The number of fused-ring (bicyclic) bond motifs is 1. The summed E-state index contributed by atoms with van der Waals surface area (Å²) in [7, 11) is 0. The van der Waals surface area contributed by atoms with Crippen molar-refractivity contribution in [3.8, 4) is 5.75 Å². The van der Waals surface area contributed by atoms with Gasteiger partial charge in [0.05, 0.1) is 6.54 Å². The summed E-state index contributed by atoms with van der Waals surface area (Å²) in [5, 5.41) is 13.1. The van der Waals surface area contributed by atoms with E-state index >= 15 is 0 Å². The van der Waals surface area contributed by atoms with Crippen LogP contribution in [0, 0.1) is 0 Å². The highest BCUT2D eigenvalue weighted by Crippen LogP contribution is 2.18. The van der Waals surface area contributed by atoms with E-state index < -0.39 is 0 Å². The maximum Gasteiger partial charge on any atom is 0.251 e. The first-order valence-corrected chi connectivity index (χ1v) is 6.27. The molecule has 20 heavy (non-hydrogen) atoms. The van der Waals surface area contributed by atoms with Gasteiger partial charge in [-0.05, 0) is 30.3 Å². The highest BCUT2D eigenvalue weighted by Gasteiger charge is 2.08. The Hall–Kier alpha value is -2.75. The second-order valence-electron chi connectivity index (χ2n) is 4.48. The Balaban J connectivity index is 1.71. The van der Waals surface area contributed by atoms with E-state index in [-0.39, 0.29) is 11.7 Å². The molecule has 0 saturated carbocycles. The van der Waals surface area contributed by atoms with Gasteiger partial charge in [-0.1, -0.05) is 24.3 Å². The smallest absolute Gasteiger partial charge is 0.251 e. The second-order valence-corrected chi connectivity index (χ2v) is 4.48. The molecule has 0 aliphatic rings. The van der Waals surface area contributed by atoms with Crippen molar-refractivity contribution in [3.63, 3.8) is 0 Å². The first-order chi connectivity index (χ1) is 9.72. The molecule has 0 fully saturated rings. The first kappa shape index (κ1) is 12.3. The van der Waals surface area contributed by atoms with E-state index in [1.807, 2.05) is 30.3 Å². The van der Waals surface area contributed by atoms with Gasteiger partial charge in [-0.2, -0.15) is 0 Å². The van der Waals surface area contributed by atoms with Crippen LogP contribution in [0.25, 0.3) is 11.0 Å². The molecule has 0 unspecified atom stereocenters. The predicted molar refractivity (Wildman–Crippen MR) is 75.5 cm³/mol. The first-order valence-electron chi connectivity index (χ1n) is 6.27. The largest absolute Gasteiger partial charge is 0.508 e. The lowest BCUT2D eigenvalue weighted by atomic mass is 10.2. The summed E-state index contributed by atoms with van der Waals surface area (Å²) in [6.07, 6.45) is 0. The topological polar surface area (TPSA) is 62.5 Å². The van der Waals surface area contributed by atoms with Crippen LogP contribution in [-0.4, -0.2) is 11.0 Å². The van der Waals surface area contributed by atoms with E-state index in [9.17, 15) is 9.90 Å². The van der Waals surface area contributed by atoms with Crippen molar-refractivity contribution < 1.29 is 14.3 Å². The monoisotopic (exact) mass is 267 g/mol. The van der Waals surface area contributed by atoms with Crippen LogP contribution in [0.15, 0.2) is 59.0 Å². The summed E-state index contributed by atoms with van der Waals surface area (Å²) in [4.78, 5) is 11.9. The molecule has 4 nitrogen and oxygen atoms in total. The second kappa shape index (κ2) is 5.09. The van der Waals surface area contributed by atoms with Crippen LogP contribution in [0.5, 0.6) is 5.75 Å². The van der Waals surface area contributed by atoms with Gasteiger partial charge in [0.1, 0.15) is 17.1 Å². The molecule has 0 spiro atoms. The molecule has 0 aliphatic carbocycles. The molecule has 3 rings (SSSR count). The van der Waals surface area contributed by atoms with Gasteiger partial charge in [0.25, 0.3) is 5.91 Å². The van der Waals surface area contributed by atoms with E-state index in [0.717, 1.165) is 11.0 Å². The summed E-state index contributed by atoms with van der Waals surface area (Å²) in [5.41, 5.74) is 1.22. The van der Waals surface area contributed by atoms with E-state index in [0.29, 0.717) is 17.9 Å². The molecule has 0 atom stereocenters. The van der Waals surface area contributed by atoms with Gasteiger partial charge in [0.2, 0.25) is 0 Å². The number of hydrogen-bond donors (Lipinski definition) is 2. The fraction of sp³-hybridized carbons (Fsp3) is 0.0625. The number of para-hydroxylation sites is 1. The predicted octanol–water partition coefficient (Wildman–Crippen LogP) is 3.07. The van der Waals surface area contributed by atoms with Crippen molar-refractivity contribution in [2.75, 3.05) is 0 Å². The molecule has 0 saturated heterocycles. The molecule has 0 aliphatic heterocycles. The molecule has 0 radical (unpaired) electrons. The maximum absolute atomic E-state index is 11.9. The Labute approximate surface area is 115 Å². The van der Waals surface area contributed by atoms with Gasteiger partial charge >= 0.3 is 0 Å². The highest BCUT2D eigenvalue weighted by atomic mass is 16.3. The number of carbonyl (C=O) groups excluding carboxylic acids is 1. The molecular formula is C16H13NO3. The third-order valence-corrected chi connectivity index (χ3v) is 3.01. The van der Waals surface area contributed by atoms with Crippen LogP contribution in [0.4, 0.5) is 0 Å². The molecule has 2 N–H and O–H groups in total. The lowest BCUT2D eigenvalue weighted by molar-refractivity contribution is 0.0948. The maximum atomic E-state index is 11.9. The zero-order valence-corrected chi connectivity index (χ0v) is 10.7. The summed E-state index contributed by atoms with van der Waals surface area (Å²) in [5.74, 6) is 0.516. The Bertz CT molecular complexity index is 728. The summed E-state index contributed by atoms with van der Waals surface area (Å²) in [6, 6.07) is 15.8. The summed E-state index contributed by atoms with van der Waals surface area (Å²) in [6.45, 7) is 0.309. The van der Waals surface area contributed by atoms with Gasteiger partial charge in [-0.3, -0.25) is 4.79 Å². The average molecular weight is 267 g/mol. The third-order valence-electron chi connectivity index (χ3n) is 3.01. The normalized spacial score (nSPS) is 10.6. The number of carbonyl (C=O) groups is 1. The summed E-state index contributed by atoms with van der Waals surface area (Å²) < 4.78 is 5.61. The van der Waals surface area contributed by atoms with Gasteiger partial charge in [0, 0.05) is 10.9 Å². The van der Waals surface area contributed by atoms with Gasteiger partial charge in [-0.15, -0.1) is 0 Å². The van der Waals surface area contributed by atoms with Gasteiger partial charge < -0.3 is 14.8 Å². The van der Waals surface area contributed by atoms with Crippen molar-refractivity contribution in [2.24, 2.45) is 0 Å². The van der Waals surface area contributed by atoms with E-state index in [4.69, 9.17) is 4.42 Å². The summed E-state index contributed by atoms with van der Waals surface area (Å²) >= 11 is 0. The minimum absolute atomic E-state index is 0.0707. The fourth-order valence-corrected chi connectivity index (χ4v) is 2.04. The average Bonchev–Trinajstić information content (AvgIpc) is 2.87. The van der Waals surface area contributed by atoms with Crippen LogP contribution in [0.3, 0.4) is 0 Å². The molecule has 100 valence electrons. The molecule has 4 heteroatoms. The van der Waals surface area contributed by atoms with Crippen LogP contribution < -0.4 is 5.32 Å².